The molecule has 6 heterocycles. The summed E-state index contributed by atoms with van der Waals surface area (Å²) < 4.78 is 35.3. The number of anilines is 2. The maximum atomic E-state index is 13.7. The van der Waals surface area contributed by atoms with Gasteiger partial charge in [0.1, 0.15) is 27.7 Å². The molecule has 286 valence electrons. The van der Waals surface area contributed by atoms with Crippen LogP contribution in [0.4, 0.5) is 17.3 Å². The lowest BCUT2D eigenvalue weighted by Crippen LogP contribution is -2.54. The molecule has 54 heavy (non-hydrogen) atoms. The number of hydrogen-bond donors (Lipinski definition) is 3. The van der Waals surface area contributed by atoms with Crippen LogP contribution < -0.4 is 19.7 Å². The molecule has 1 spiro atoms. The highest BCUT2D eigenvalue weighted by atomic mass is 32.2. The van der Waals surface area contributed by atoms with Gasteiger partial charge in [-0.15, -0.1) is 0 Å². The van der Waals surface area contributed by atoms with Gasteiger partial charge in [-0.3, -0.25) is 14.9 Å². The summed E-state index contributed by atoms with van der Waals surface area (Å²) >= 11 is 0. The topological polar surface area (TPSA) is 189 Å². The van der Waals surface area contributed by atoms with Crippen LogP contribution in [0.2, 0.25) is 0 Å². The molecule has 1 amide bonds. The van der Waals surface area contributed by atoms with E-state index in [-0.39, 0.29) is 17.3 Å². The summed E-state index contributed by atoms with van der Waals surface area (Å²) in [7, 11) is -4.59. The number of H-pyrrole nitrogens is 1. The first-order chi connectivity index (χ1) is 26.0. The van der Waals surface area contributed by atoms with E-state index in [1.54, 1.807) is 18.3 Å². The van der Waals surface area contributed by atoms with Crippen molar-refractivity contribution in [2.24, 2.45) is 17.3 Å². The minimum absolute atomic E-state index is 0.0141. The molecule has 0 bridgehead atoms. The lowest BCUT2D eigenvalue weighted by molar-refractivity contribution is -0.384. The van der Waals surface area contributed by atoms with Gasteiger partial charge in [-0.2, -0.15) is 4.98 Å². The summed E-state index contributed by atoms with van der Waals surface area (Å²) in [6, 6.07) is 8.41. The van der Waals surface area contributed by atoms with Crippen LogP contribution in [0.15, 0.2) is 53.8 Å². The lowest BCUT2D eigenvalue weighted by Gasteiger charge is -2.55. The fraction of sp³-hybridized carbons (Fsp3) is 0.526. The Hall–Kier alpha value is -4.83. The maximum Gasteiger partial charge on any atom is 0.312 e. The van der Waals surface area contributed by atoms with Gasteiger partial charge in [0.15, 0.2) is 0 Å². The second kappa shape index (κ2) is 14.8. The van der Waals surface area contributed by atoms with Gasteiger partial charge in [-0.25, -0.2) is 23.1 Å². The van der Waals surface area contributed by atoms with Crippen molar-refractivity contribution in [2.45, 2.75) is 82.1 Å². The van der Waals surface area contributed by atoms with Crippen LogP contribution in [-0.4, -0.2) is 82.8 Å². The van der Waals surface area contributed by atoms with Crippen molar-refractivity contribution >= 4 is 44.3 Å². The Morgan fingerprint density at radius 2 is 1.80 bits per heavy atom. The minimum atomic E-state index is -4.59. The summed E-state index contributed by atoms with van der Waals surface area (Å²) in [6.45, 7) is 6.77. The van der Waals surface area contributed by atoms with Crippen molar-refractivity contribution in [3.8, 4) is 11.6 Å². The Kier molecular flexibility index (Phi) is 9.89. The number of ether oxygens (including phenoxy) is 1. The predicted molar refractivity (Wildman–Crippen MR) is 203 cm³/mol. The molecule has 2 aliphatic heterocycles. The fourth-order valence-corrected chi connectivity index (χ4v) is 9.67. The summed E-state index contributed by atoms with van der Waals surface area (Å²) in [4.78, 5) is 45.7. The molecular formula is C38H47N9O6S. The van der Waals surface area contributed by atoms with Gasteiger partial charge in [0.05, 0.1) is 17.3 Å². The molecule has 3 N–H and O–H groups in total. The number of pyridine rings is 3. The van der Waals surface area contributed by atoms with Crippen molar-refractivity contribution in [2.75, 3.05) is 42.9 Å². The number of likely N-dealkylation sites (tertiary alicyclic amines) is 1. The van der Waals surface area contributed by atoms with E-state index in [1.807, 2.05) is 6.07 Å². The quantitative estimate of drug-likeness (QED) is 0.115. The van der Waals surface area contributed by atoms with Gasteiger partial charge in [0.25, 0.3) is 15.9 Å². The highest BCUT2D eigenvalue weighted by Crippen LogP contribution is 2.52. The number of nitrogens with one attached hydrogen (secondary N) is 3. The highest BCUT2D eigenvalue weighted by Gasteiger charge is 2.48. The number of nitro groups is 1. The molecule has 4 fully saturated rings. The standard InChI is InChI=1S/C38H47N9O6S/c1-25-4-6-26(7-5-25)22-40-35-32(47(49)50)19-30(24-42-35)54(51,52)44-36(48)31-8-9-33(43-37(31)53-29-18-27-10-13-39-34(27)41-23-29)46-16-11-38(12-17-46)20-28(21-38)45-14-2-3-15-45/h8-10,13,18-19,23-26,28H,2-7,11-12,14-17,20-22H2,1H3,(H,39,41)(H,40,42)(H,44,48)/t25-,26+. The van der Waals surface area contributed by atoms with Crippen molar-refractivity contribution in [3.05, 3.63) is 64.6 Å². The van der Waals surface area contributed by atoms with Crippen molar-refractivity contribution in [1.82, 2.24) is 29.6 Å². The summed E-state index contributed by atoms with van der Waals surface area (Å²) in [5.41, 5.74) is 0.404. The molecule has 15 nitrogen and oxygen atoms in total. The zero-order valence-corrected chi connectivity index (χ0v) is 31.3. The number of sulfonamides is 1. The normalized spacial score (nSPS) is 21.9. The third kappa shape index (κ3) is 7.58. The van der Waals surface area contributed by atoms with E-state index >= 15 is 0 Å². The van der Waals surface area contributed by atoms with Crippen LogP contribution in [0, 0.1) is 27.4 Å². The van der Waals surface area contributed by atoms with E-state index in [1.165, 1.54) is 51.0 Å². The summed E-state index contributed by atoms with van der Waals surface area (Å²) in [6.07, 6.45) is 15.7. The molecule has 0 radical (unpaired) electrons. The molecule has 16 heteroatoms. The van der Waals surface area contributed by atoms with Crippen LogP contribution >= 0.6 is 0 Å². The van der Waals surface area contributed by atoms with Crippen molar-refractivity contribution in [3.63, 3.8) is 0 Å². The van der Waals surface area contributed by atoms with E-state index in [9.17, 15) is 23.3 Å². The third-order valence-corrected chi connectivity index (χ3v) is 13.4. The average Bonchev–Trinajstić information content (AvgIpc) is 3.86. The second-order valence-corrected chi connectivity index (χ2v) is 17.4. The molecule has 4 aliphatic rings. The molecule has 4 aromatic rings. The molecule has 8 rings (SSSR count). The first kappa shape index (κ1) is 36.2. The van der Waals surface area contributed by atoms with E-state index < -0.39 is 31.4 Å². The Morgan fingerprint density at radius 3 is 2.54 bits per heavy atom. The number of amides is 1. The highest BCUT2D eigenvalue weighted by molar-refractivity contribution is 7.90. The van der Waals surface area contributed by atoms with Crippen molar-refractivity contribution < 1.29 is 22.9 Å². The number of aromatic amines is 1. The van der Waals surface area contributed by atoms with Crippen LogP contribution in [0.1, 0.15) is 81.5 Å². The maximum absolute atomic E-state index is 13.7. The van der Waals surface area contributed by atoms with E-state index in [0.717, 1.165) is 69.3 Å². The number of piperidine rings is 1. The Labute approximate surface area is 314 Å². The van der Waals surface area contributed by atoms with Gasteiger partial charge >= 0.3 is 5.69 Å². The van der Waals surface area contributed by atoms with Gasteiger partial charge in [-0.05, 0) is 106 Å². The van der Waals surface area contributed by atoms with Crippen LogP contribution in [0.3, 0.4) is 0 Å². The molecule has 4 aromatic heterocycles. The van der Waals surface area contributed by atoms with Crippen LogP contribution in [0.25, 0.3) is 11.0 Å². The summed E-state index contributed by atoms with van der Waals surface area (Å²) in [5, 5.41) is 15.8. The molecule has 2 saturated carbocycles. The third-order valence-electron chi connectivity index (χ3n) is 12.1. The van der Waals surface area contributed by atoms with E-state index in [2.05, 4.69) is 41.7 Å². The van der Waals surface area contributed by atoms with E-state index in [4.69, 9.17) is 9.72 Å². The number of rotatable bonds is 11. The van der Waals surface area contributed by atoms with E-state index in [0.29, 0.717) is 47.1 Å². The number of nitrogens with zero attached hydrogens (tertiary/aromatic N) is 6. The number of carbonyl (C=O) groups is 1. The van der Waals surface area contributed by atoms with Crippen LogP contribution in [-0.2, 0) is 10.0 Å². The van der Waals surface area contributed by atoms with Gasteiger partial charge < -0.3 is 24.8 Å². The number of carbonyl (C=O) groups excluding carboxylic acids is 1. The monoisotopic (exact) mass is 757 g/mol. The molecule has 2 aliphatic carbocycles. The number of aromatic nitrogens is 4. The second-order valence-electron chi connectivity index (χ2n) is 15.7. The Morgan fingerprint density at radius 1 is 1.04 bits per heavy atom. The largest absolute Gasteiger partial charge is 0.436 e. The summed E-state index contributed by atoms with van der Waals surface area (Å²) in [5.74, 6) is 0.846. The van der Waals surface area contributed by atoms with Gasteiger partial charge in [0.2, 0.25) is 11.7 Å². The van der Waals surface area contributed by atoms with Crippen LogP contribution in [0.5, 0.6) is 11.6 Å². The minimum Gasteiger partial charge on any atom is -0.436 e. The zero-order valence-electron chi connectivity index (χ0n) is 30.5. The van der Waals surface area contributed by atoms with Crippen molar-refractivity contribution in [1.29, 1.82) is 0 Å². The molecule has 0 atom stereocenters. The molecule has 0 unspecified atom stereocenters. The van der Waals surface area contributed by atoms with Gasteiger partial charge in [-0.1, -0.05) is 19.8 Å². The first-order valence-electron chi connectivity index (χ1n) is 19.1. The lowest BCUT2D eigenvalue weighted by atomic mass is 9.60. The van der Waals surface area contributed by atoms with Gasteiger partial charge in [0, 0.05) is 43.3 Å². The average molecular weight is 758 g/mol. The number of hydrogen-bond acceptors (Lipinski definition) is 12. The molecule has 2 saturated heterocycles. The SMILES string of the molecule is C[C@H]1CC[C@@H](CNc2ncc(S(=O)(=O)NC(=O)c3ccc(N4CCC5(CC4)CC(N4CCCC4)C5)nc3Oc3cnc4[nH]ccc4c3)cc2[N+](=O)[O-])CC1. The fourth-order valence-electron chi connectivity index (χ4n) is 8.73. The molecular weight excluding hydrogens is 711 g/mol. The predicted octanol–water partition coefficient (Wildman–Crippen LogP) is 6.26. The smallest absolute Gasteiger partial charge is 0.312 e. The Bertz CT molecular complexity index is 2130. The number of fused-ring (bicyclic) bond motifs is 1. The first-order valence-corrected chi connectivity index (χ1v) is 20.6. The molecule has 0 aromatic carbocycles. The Balaban J connectivity index is 0.997. The zero-order chi connectivity index (χ0) is 37.5.